The van der Waals surface area contributed by atoms with Crippen molar-refractivity contribution in [3.05, 3.63) is 18.2 Å². The van der Waals surface area contributed by atoms with Crippen LogP contribution in [-0.4, -0.2) is 9.55 Å². The molecule has 1 atom stereocenters. The van der Waals surface area contributed by atoms with Crippen LogP contribution in [0.5, 0.6) is 0 Å². The smallest absolute Gasteiger partial charge is 0.125 e. The van der Waals surface area contributed by atoms with Gasteiger partial charge in [-0.3, -0.25) is 0 Å². The summed E-state index contributed by atoms with van der Waals surface area (Å²) in [5, 5.41) is 0. The highest BCUT2D eigenvalue weighted by molar-refractivity contribution is 5.06. The van der Waals surface area contributed by atoms with Crippen LogP contribution < -0.4 is 5.73 Å². The fourth-order valence-electron chi connectivity index (χ4n) is 5.83. The Balaban J connectivity index is 1.55. The Morgan fingerprint density at radius 1 is 1.26 bits per heavy atom. The Morgan fingerprint density at radius 2 is 1.84 bits per heavy atom. The van der Waals surface area contributed by atoms with Gasteiger partial charge in [0, 0.05) is 19.4 Å². The van der Waals surface area contributed by atoms with Gasteiger partial charge in [0.25, 0.3) is 0 Å². The summed E-state index contributed by atoms with van der Waals surface area (Å²) in [4.78, 5) is 4.45. The molecule has 0 aliphatic heterocycles. The van der Waals surface area contributed by atoms with Gasteiger partial charge in [-0.2, -0.15) is 0 Å². The first-order valence-corrected chi connectivity index (χ1v) is 7.86. The standard InChI is InChI=1S/C16H25N3/c1-19-3-2-18-15(19)14(17)10-16-7-11-4-12(8-16)6-13(5-11)9-16/h2-3,11-14H,4-10,17H2,1H3. The Morgan fingerprint density at radius 3 is 2.32 bits per heavy atom. The van der Waals surface area contributed by atoms with Crippen LogP contribution in [0.25, 0.3) is 0 Å². The molecule has 5 rings (SSSR count). The lowest BCUT2D eigenvalue weighted by Crippen LogP contribution is -2.47. The van der Waals surface area contributed by atoms with E-state index in [1.54, 1.807) is 0 Å². The van der Waals surface area contributed by atoms with Crippen LogP contribution in [-0.2, 0) is 7.05 Å². The van der Waals surface area contributed by atoms with Crippen LogP contribution >= 0.6 is 0 Å². The number of nitrogens with two attached hydrogens (primary N) is 1. The molecule has 2 N–H and O–H groups in total. The average Bonchev–Trinajstić information content (AvgIpc) is 2.72. The summed E-state index contributed by atoms with van der Waals surface area (Å²) in [6.45, 7) is 0. The number of aryl methyl sites for hydroxylation is 1. The molecule has 4 bridgehead atoms. The first-order chi connectivity index (χ1) is 9.13. The molecule has 0 spiro atoms. The van der Waals surface area contributed by atoms with Crippen molar-refractivity contribution in [1.82, 2.24) is 9.55 Å². The van der Waals surface area contributed by atoms with Crippen LogP contribution in [0.2, 0.25) is 0 Å². The zero-order valence-corrected chi connectivity index (χ0v) is 11.9. The highest BCUT2D eigenvalue weighted by Crippen LogP contribution is 2.62. The predicted molar refractivity (Wildman–Crippen MR) is 75.4 cm³/mol. The molecule has 19 heavy (non-hydrogen) atoms. The van der Waals surface area contributed by atoms with Gasteiger partial charge in [0.05, 0.1) is 6.04 Å². The van der Waals surface area contributed by atoms with E-state index in [2.05, 4.69) is 16.6 Å². The van der Waals surface area contributed by atoms with Crippen LogP contribution in [0.1, 0.15) is 56.8 Å². The molecule has 0 aromatic carbocycles. The van der Waals surface area contributed by atoms with Crippen molar-refractivity contribution in [1.29, 1.82) is 0 Å². The second-order valence-corrected chi connectivity index (χ2v) is 7.62. The molecule has 104 valence electrons. The lowest BCUT2D eigenvalue weighted by molar-refractivity contribution is -0.0609. The zero-order valence-electron chi connectivity index (χ0n) is 11.9. The van der Waals surface area contributed by atoms with Gasteiger partial charge in [0.15, 0.2) is 0 Å². The molecule has 1 heterocycles. The van der Waals surface area contributed by atoms with Crippen molar-refractivity contribution in [2.45, 2.75) is 51.0 Å². The van der Waals surface area contributed by atoms with E-state index in [1.165, 1.54) is 38.5 Å². The molecule has 4 fully saturated rings. The predicted octanol–water partition coefficient (Wildman–Crippen LogP) is 3.03. The number of hydrogen-bond acceptors (Lipinski definition) is 2. The maximum atomic E-state index is 6.48. The SMILES string of the molecule is Cn1ccnc1C(N)CC12CC3CC(CC(C3)C1)C2. The van der Waals surface area contributed by atoms with Crippen molar-refractivity contribution in [3.8, 4) is 0 Å². The van der Waals surface area contributed by atoms with E-state index in [-0.39, 0.29) is 6.04 Å². The molecule has 3 nitrogen and oxygen atoms in total. The fourth-order valence-corrected chi connectivity index (χ4v) is 5.83. The Hall–Kier alpha value is -0.830. The van der Waals surface area contributed by atoms with Gasteiger partial charge in [0.1, 0.15) is 5.82 Å². The molecule has 0 amide bonds. The molecule has 1 unspecified atom stereocenters. The maximum Gasteiger partial charge on any atom is 0.125 e. The van der Waals surface area contributed by atoms with Gasteiger partial charge in [-0.15, -0.1) is 0 Å². The van der Waals surface area contributed by atoms with E-state index in [0.717, 1.165) is 30.0 Å². The van der Waals surface area contributed by atoms with Crippen molar-refractivity contribution in [3.63, 3.8) is 0 Å². The zero-order chi connectivity index (χ0) is 13.0. The van der Waals surface area contributed by atoms with Crippen molar-refractivity contribution < 1.29 is 0 Å². The second-order valence-electron chi connectivity index (χ2n) is 7.62. The third kappa shape index (κ3) is 1.94. The van der Waals surface area contributed by atoms with Crippen molar-refractivity contribution >= 4 is 0 Å². The number of hydrogen-bond donors (Lipinski definition) is 1. The molecule has 0 saturated heterocycles. The lowest BCUT2D eigenvalue weighted by atomic mass is 9.48. The Labute approximate surface area is 115 Å². The lowest BCUT2D eigenvalue weighted by Gasteiger charge is -2.57. The minimum Gasteiger partial charge on any atom is -0.337 e. The Kier molecular flexibility index (Phi) is 2.57. The third-order valence-corrected chi connectivity index (χ3v) is 6.01. The number of rotatable bonds is 3. The summed E-state index contributed by atoms with van der Waals surface area (Å²) in [6.07, 6.45) is 13.9. The van der Waals surface area contributed by atoms with E-state index >= 15 is 0 Å². The molecule has 1 aromatic heterocycles. The molecule has 0 radical (unpaired) electrons. The monoisotopic (exact) mass is 259 g/mol. The van der Waals surface area contributed by atoms with Crippen LogP contribution in [0.4, 0.5) is 0 Å². The fraction of sp³-hybridized carbons (Fsp3) is 0.812. The average molecular weight is 259 g/mol. The second kappa shape index (κ2) is 4.08. The summed E-state index contributed by atoms with van der Waals surface area (Å²) in [7, 11) is 2.06. The topological polar surface area (TPSA) is 43.8 Å². The molecule has 3 heteroatoms. The molecular weight excluding hydrogens is 234 g/mol. The molecule has 1 aromatic rings. The number of nitrogens with zero attached hydrogens (tertiary/aromatic N) is 2. The number of imidazole rings is 1. The van der Waals surface area contributed by atoms with E-state index in [9.17, 15) is 0 Å². The first kappa shape index (κ1) is 12.0. The van der Waals surface area contributed by atoms with E-state index in [1.807, 2.05) is 12.4 Å². The minimum atomic E-state index is 0.122. The van der Waals surface area contributed by atoms with Crippen molar-refractivity contribution in [2.24, 2.45) is 36.0 Å². The van der Waals surface area contributed by atoms with Crippen molar-refractivity contribution in [2.75, 3.05) is 0 Å². The minimum absolute atomic E-state index is 0.122. The van der Waals surface area contributed by atoms with Crippen LogP contribution in [0.3, 0.4) is 0 Å². The van der Waals surface area contributed by atoms with E-state index in [4.69, 9.17) is 5.73 Å². The van der Waals surface area contributed by atoms with Gasteiger partial charge >= 0.3 is 0 Å². The van der Waals surface area contributed by atoms with E-state index in [0.29, 0.717) is 5.41 Å². The normalized spacial score (nSPS) is 41.7. The van der Waals surface area contributed by atoms with Gasteiger partial charge in [0.2, 0.25) is 0 Å². The summed E-state index contributed by atoms with van der Waals surface area (Å²) in [5.74, 6) is 4.11. The van der Waals surface area contributed by atoms with E-state index < -0.39 is 0 Å². The third-order valence-electron chi connectivity index (χ3n) is 6.01. The molecule has 4 aliphatic carbocycles. The quantitative estimate of drug-likeness (QED) is 0.906. The number of aromatic nitrogens is 2. The highest BCUT2D eigenvalue weighted by atomic mass is 15.1. The summed E-state index contributed by atoms with van der Waals surface area (Å²) in [6, 6.07) is 0.122. The first-order valence-electron chi connectivity index (χ1n) is 7.86. The molecule has 4 saturated carbocycles. The summed E-state index contributed by atoms with van der Waals surface area (Å²) < 4.78 is 2.09. The summed E-state index contributed by atoms with van der Waals surface area (Å²) in [5.41, 5.74) is 7.03. The Bertz CT molecular complexity index is 441. The van der Waals surface area contributed by atoms with Crippen LogP contribution in [0, 0.1) is 23.2 Å². The van der Waals surface area contributed by atoms with Gasteiger partial charge in [-0.05, 0) is 68.1 Å². The molecular formula is C16H25N3. The van der Waals surface area contributed by atoms with Gasteiger partial charge in [-0.1, -0.05) is 0 Å². The van der Waals surface area contributed by atoms with Gasteiger partial charge in [-0.25, -0.2) is 4.98 Å². The molecule has 4 aliphatic rings. The largest absolute Gasteiger partial charge is 0.337 e. The highest BCUT2D eigenvalue weighted by Gasteiger charge is 2.51. The van der Waals surface area contributed by atoms with Crippen LogP contribution in [0.15, 0.2) is 12.4 Å². The van der Waals surface area contributed by atoms with Gasteiger partial charge < -0.3 is 10.3 Å². The maximum absolute atomic E-state index is 6.48. The summed E-state index contributed by atoms with van der Waals surface area (Å²) >= 11 is 0.